The summed E-state index contributed by atoms with van der Waals surface area (Å²) in [5, 5.41) is 10.9. The topological polar surface area (TPSA) is 59.0 Å². The molecule has 2 fully saturated rings. The van der Waals surface area contributed by atoms with E-state index in [2.05, 4.69) is 4.90 Å². The van der Waals surface area contributed by atoms with Crippen LogP contribution in [0, 0.1) is 5.92 Å². The predicted molar refractivity (Wildman–Crippen MR) is 91.0 cm³/mol. The van der Waals surface area contributed by atoms with Crippen LogP contribution in [0.5, 0.6) is 5.75 Å². The number of benzene rings is 1. The maximum absolute atomic E-state index is 11.5. The van der Waals surface area contributed by atoms with Gasteiger partial charge in [0.05, 0.1) is 25.2 Å². The lowest BCUT2D eigenvalue weighted by molar-refractivity contribution is -0.141. The van der Waals surface area contributed by atoms with Crippen molar-refractivity contribution in [3.05, 3.63) is 29.8 Å². The van der Waals surface area contributed by atoms with Gasteiger partial charge in [-0.05, 0) is 43.9 Å². The summed E-state index contributed by atoms with van der Waals surface area (Å²) in [5.41, 5.74) is 0.391. The molecule has 0 amide bonds. The van der Waals surface area contributed by atoms with Gasteiger partial charge in [0.25, 0.3) is 0 Å². The van der Waals surface area contributed by atoms with Gasteiger partial charge in [0.15, 0.2) is 0 Å². The van der Waals surface area contributed by atoms with Crippen molar-refractivity contribution in [1.82, 2.24) is 4.90 Å². The highest BCUT2D eigenvalue weighted by molar-refractivity contribution is 5.74. The fourth-order valence-corrected chi connectivity index (χ4v) is 3.71. The van der Waals surface area contributed by atoms with E-state index in [9.17, 15) is 9.90 Å². The smallest absolute Gasteiger partial charge is 0.309 e. The molecule has 2 heterocycles. The quantitative estimate of drug-likeness (QED) is 0.807. The lowest BCUT2D eigenvalue weighted by atomic mass is 9.85. The maximum Gasteiger partial charge on any atom is 0.309 e. The minimum Gasteiger partial charge on any atom is -0.496 e. The Morgan fingerprint density at radius 3 is 2.75 bits per heavy atom. The first-order valence-electron chi connectivity index (χ1n) is 8.83. The maximum atomic E-state index is 11.5. The molecule has 1 unspecified atom stereocenters. The zero-order valence-corrected chi connectivity index (χ0v) is 14.4. The second kappa shape index (κ2) is 7.53. The zero-order valence-electron chi connectivity index (χ0n) is 14.4. The summed E-state index contributed by atoms with van der Waals surface area (Å²) in [4.78, 5) is 13.9. The number of aliphatic hydroxyl groups is 1. The molecule has 1 atom stereocenters. The molecule has 0 spiro atoms. The van der Waals surface area contributed by atoms with Crippen molar-refractivity contribution in [1.29, 1.82) is 0 Å². The van der Waals surface area contributed by atoms with Gasteiger partial charge in [-0.1, -0.05) is 18.2 Å². The third-order valence-electron chi connectivity index (χ3n) is 5.34. The number of likely N-dealkylation sites (tertiary alicyclic amines) is 1. The van der Waals surface area contributed by atoms with Crippen molar-refractivity contribution in [2.45, 2.75) is 37.7 Å². The van der Waals surface area contributed by atoms with Gasteiger partial charge in [0.1, 0.15) is 5.75 Å². The number of cyclic esters (lactones) is 1. The van der Waals surface area contributed by atoms with Gasteiger partial charge in [-0.3, -0.25) is 4.79 Å². The van der Waals surface area contributed by atoms with Crippen molar-refractivity contribution in [3.8, 4) is 5.75 Å². The first-order valence-corrected chi connectivity index (χ1v) is 8.83. The first kappa shape index (κ1) is 17.2. The van der Waals surface area contributed by atoms with Crippen molar-refractivity contribution in [2.75, 3.05) is 33.4 Å². The van der Waals surface area contributed by atoms with E-state index in [1.54, 1.807) is 7.11 Å². The Hall–Kier alpha value is -1.59. The van der Waals surface area contributed by atoms with Crippen molar-refractivity contribution in [3.63, 3.8) is 0 Å². The molecule has 3 rings (SSSR count). The molecule has 0 bridgehead atoms. The second-order valence-corrected chi connectivity index (χ2v) is 7.00. The average Bonchev–Trinajstić information content (AvgIpc) is 3.00. The van der Waals surface area contributed by atoms with Gasteiger partial charge < -0.3 is 19.5 Å². The Bertz CT molecular complexity index is 566. The highest BCUT2D eigenvalue weighted by Gasteiger charge is 2.34. The fourth-order valence-electron chi connectivity index (χ4n) is 3.71. The summed E-state index contributed by atoms with van der Waals surface area (Å²) in [7, 11) is 1.67. The largest absolute Gasteiger partial charge is 0.496 e. The van der Waals surface area contributed by atoms with Gasteiger partial charge in [-0.2, -0.15) is 0 Å². The second-order valence-electron chi connectivity index (χ2n) is 7.00. The van der Waals surface area contributed by atoms with Crippen molar-refractivity contribution in [2.24, 2.45) is 5.92 Å². The number of carbonyl (C=O) groups is 1. The molecule has 5 nitrogen and oxygen atoms in total. The number of piperidine rings is 1. The van der Waals surface area contributed by atoms with Gasteiger partial charge >= 0.3 is 5.97 Å². The van der Waals surface area contributed by atoms with Crippen LogP contribution in [0.2, 0.25) is 0 Å². The van der Waals surface area contributed by atoms with E-state index in [-0.39, 0.29) is 11.9 Å². The summed E-state index contributed by atoms with van der Waals surface area (Å²) in [6.07, 6.45) is 3.84. The molecule has 132 valence electrons. The molecule has 0 aromatic heterocycles. The number of rotatable bonds is 6. The average molecular weight is 333 g/mol. The van der Waals surface area contributed by atoms with Gasteiger partial charge in [-0.25, -0.2) is 0 Å². The molecule has 1 aromatic carbocycles. The molecule has 1 N–H and O–H groups in total. The molecule has 24 heavy (non-hydrogen) atoms. The van der Waals surface area contributed by atoms with Crippen LogP contribution < -0.4 is 4.74 Å². The first-order chi connectivity index (χ1) is 11.6. The number of para-hydroxylation sites is 1. The fraction of sp³-hybridized carbons (Fsp3) is 0.632. The molecule has 0 aliphatic carbocycles. The van der Waals surface area contributed by atoms with Gasteiger partial charge in [0, 0.05) is 19.5 Å². The highest BCUT2D eigenvalue weighted by atomic mass is 16.5. The van der Waals surface area contributed by atoms with Crippen LogP contribution in [0.3, 0.4) is 0 Å². The Labute approximate surface area is 143 Å². The lowest BCUT2D eigenvalue weighted by Crippen LogP contribution is -2.46. The third-order valence-corrected chi connectivity index (χ3v) is 5.34. The Morgan fingerprint density at radius 2 is 2.08 bits per heavy atom. The summed E-state index contributed by atoms with van der Waals surface area (Å²) < 4.78 is 10.4. The zero-order chi connectivity index (χ0) is 17.0. The number of nitrogens with zero attached hydrogens (tertiary/aromatic N) is 1. The van der Waals surface area contributed by atoms with E-state index in [1.807, 2.05) is 24.3 Å². The SMILES string of the molecule is COc1ccccc1CC1(O)CCN(CCC2CCOC2=O)CC1. The molecule has 2 aliphatic heterocycles. The highest BCUT2D eigenvalue weighted by Crippen LogP contribution is 2.30. The number of hydrogen-bond acceptors (Lipinski definition) is 5. The summed E-state index contributed by atoms with van der Waals surface area (Å²) in [6, 6.07) is 7.89. The van der Waals surface area contributed by atoms with E-state index in [0.29, 0.717) is 13.0 Å². The molecule has 2 aliphatic rings. The molecule has 2 saturated heterocycles. The number of methoxy groups -OCH3 is 1. The van der Waals surface area contributed by atoms with E-state index in [1.165, 1.54) is 0 Å². The summed E-state index contributed by atoms with van der Waals surface area (Å²) in [6.45, 7) is 3.22. The van der Waals surface area contributed by atoms with Crippen LogP contribution in [0.25, 0.3) is 0 Å². The summed E-state index contributed by atoms with van der Waals surface area (Å²) >= 11 is 0. The van der Waals surface area contributed by atoms with Crippen LogP contribution >= 0.6 is 0 Å². The normalized spacial score (nSPS) is 23.9. The van der Waals surface area contributed by atoms with Crippen LogP contribution in [0.15, 0.2) is 24.3 Å². The van der Waals surface area contributed by atoms with E-state index < -0.39 is 5.60 Å². The molecule has 5 heteroatoms. The molecular formula is C19H27NO4. The Balaban J connectivity index is 1.49. The van der Waals surface area contributed by atoms with Crippen LogP contribution in [0.4, 0.5) is 0 Å². The van der Waals surface area contributed by atoms with Crippen LogP contribution in [-0.4, -0.2) is 54.9 Å². The standard InChI is InChI=1S/C19H27NO4/c1-23-17-5-3-2-4-16(17)14-19(22)8-11-20(12-9-19)10-6-15-7-13-24-18(15)21/h2-5,15,22H,6-14H2,1H3. The van der Waals surface area contributed by atoms with Gasteiger partial charge in [-0.15, -0.1) is 0 Å². The number of hydrogen-bond donors (Lipinski definition) is 1. The van der Waals surface area contributed by atoms with E-state index in [4.69, 9.17) is 9.47 Å². The molecule has 0 saturated carbocycles. The minimum absolute atomic E-state index is 0.0420. The third kappa shape index (κ3) is 4.08. The summed E-state index contributed by atoms with van der Waals surface area (Å²) in [5.74, 6) is 0.868. The number of esters is 1. The van der Waals surface area contributed by atoms with Gasteiger partial charge in [0.2, 0.25) is 0 Å². The predicted octanol–water partition coefficient (Wildman–Crippen LogP) is 2.02. The molecule has 0 radical (unpaired) electrons. The molecule has 1 aromatic rings. The van der Waals surface area contributed by atoms with Crippen molar-refractivity contribution < 1.29 is 19.4 Å². The van der Waals surface area contributed by atoms with E-state index in [0.717, 1.165) is 56.6 Å². The number of ether oxygens (including phenoxy) is 2. The molecular weight excluding hydrogens is 306 g/mol. The van der Waals surface area contributed by atoms with E-state index >= 15 is 0 Å². The Morgan fingerprint density at radius 1 is 1.33 bits per heavy atom. The number of carbonyl (C=O) groups excluding carboxylic acids is 1. The minimum atomic E-state index is -0.669. The monoisotopic (exact) mass is 333 g/mol. The lowest BCUT2D eigenvalue weighted by Gasteiger charge is -2.38. The van der Waals surface area contributed by atoms with Crippen LogP contribution in [-0.2, 0) is 16.0 Å². The Kier molecular flexibility index (Phi) is 5.41. The van der Waals surface area contributed by atoms with Crippen LogP contribution in [0.1, 0.15) is 31.2 Å². The van der Waals surface area contributed by atoms with Crippen molar-refractivity contribution >= 4 is 5.97 Å².